The van der Waals surface area contributed by atoms with Crippen LogP contribution in [0.4, 0.5) is 0 Å². The van der Waals surface area contributed by atoms with Gasteiger partial charge < -0.3 is 5.73 Å². The molecule has 0 amide bonds. The highest BCUT2D eigenvalue weighted by atomic mass is 32.2. The fraction of sp³-hybridized carbons (Fsp3) is 0.300. The Morgan fingerprint density at radius 1 is 1.60 bits per heavy atom. The first-order valence-corrected chi connectivity index (χ1v) is 6.33. The molecule has 1 atom stereocenters. The summed E-state index contributed by atoms with van der Waals surface area (Å²) in [5.41, 5.74) is 7.50. The van der Waals surface area contributed by atoms with Crippen molar-refractivity contribution in [3.8, 4) is 6.19 Å². The highest BCUT2D eigenvalue weighted by molar-refractivity contribution is 7.93. The minimum absolute atomic E-state index is 0.451. The van der Waals surface area contributed by atoms with Crippen LogP contribution in [0.2, 0.25) is 0 Å². The van der Waals surface area contributed by atoms with Gasteiger partial charge >= 0.3 is 0 Å². The Labute approximate surface area is 89.9 Å². The largest absolute Gasteiger partial charge is 0.326 e. The second-order valence-corrected chi connectivity index (χ2v) is 5.55. The van der Waals surface area contributed by atoms with Gasteiger partial charge in [0, 0.05) is 17.7 Å². The summed E-state index contributed by atoms with van der Waals surface area (Å²) in [4.78, 5) is 0.568. The molecule has 1 rings (SSSR count). The second-order valence-electron chi connectivity index (χ2n) is 3.29. The third-order valence-electron chi connectivity index (χ3n) is 2.19. The Hall–Kier alpha value is -1.38. The lowest BCUT2D eigenvalue weighted by Crippen LogP contribution is -2.02. The van der Waals surface area contributed by atoms with Gasteiger partial charge in [-0.25, -0.2) is 4.21 Å². The monoisotopic (exact) mass is 223 g/mol. The van der Waals surface area contributed by atoms with Crippen molar-refractivity contribution in [1.29, 1.82) is 5.26 Å². The molecule has 80 valence electrons. The minimum atomic E-state index is -2.58. The molecule has 4 nitrogen and oxygen atoms in total. The van der Waals surface area contributed by atoms with E-state index in [0.717, 1.165) is 11.1 Å². The van der Waals surface area contributed by atoms with Gasteiger partial charge in [-0.15, -0.1) is 4.36 Å². The maximum atomic E-state index is 11.9. The van der Waals surface area contributed by atoms with Gasteiger partial charge in [0.2, 0.25) is 6.19 Å². The van der Waals surface area contributed by atoms with Crippen molar-refractivity contribution >= 4 is 9.73 Å². The van der Waals surface area contributed by atoms with Gasteiger partial charge in [0.15, 0.2) is 0 Å². The molecule has 0 aromatic heterocycles. The number of nitriles is 1. The van der Waals surface area contributed by atoms with E-state index in [1.807, 2.05) is 13.0 Å². The average molecular weight is 223 g/mol. The molecular weight excluding hydrogens is 210 g/mol. The third-order valence-corrected chi connectivity index (χ3v) is 3.74. The summed E-state index contributed by atoms with van der Waals surface area (Å²) in [6.45, 7) is 2.35. The van der Waals surface area contributed by atoms with Crippen molar-refractivity contribution in [2.45, 2.75) is 18.4 Å². The predicted octanol–water partition coefficient (Wildman–Crippen LogP) is 1.39. The van der Waals surface area contributed by atoms with E-state index in [9.17, 15) is 4.21 Å². The van der Waals surface area contributed by atoms with Gasteiger partial charge in [0.1, 0.15) is 0 Å². The lowest BCUT2D eigenvalue weighted by Gasteiger charge is -2.06. The van der Waals surface area contributed by atoms with Crippen molar-refractivity contribution < 1.29 is 4.21 Å². The fourth-order valence-corrected chi connectivity index (χ4v) is 2.24. The number of rotatable bonds is 2. The zero-order chi connectivity index (χ0) is 11.5. The quantitative estimate of drug-likeness (QED) is 0.769. The van der Waals surface area contributed by atoms with Crippen LogP contribution in [0.1, 0.15) is 11.1 Å². The lowest BCUT2D eigenvalue weighted by molar-refractivity contribution is 0.680. The summed E-state index contributed by atoms with van der Waals surface area (Å²) >= 11 is 0. The molecule has 15 heavy (non-hydrogen) atoms. The first-order valence-electron chi connectivity index (χ1n) is 4.41. The molecule has 0 aliphatic carbocycles. The highest BCUT2D eigenvalue weighted by Gasteiger charge is 2.07. The summed E-state index contributed by atoms with van der Waals surface area (Å²) in [7, 11) is -2.58. The van der Waals surface area contributed by atoms with Gasteiger partial charge in [-0.1, -0.05) is 6.07 Å². The summed E-state index contributed by atoms with van der Waals surface area (Å²) in [5, 5.41) is 8.42. The normalized spacial score (nSPS) is 14.0. The van der Waals surface area contributed by atoms with Crippen molar-refractivity contribution in [1.82, 2.24) is 0 Å². The van der Waals surface area contributed by atoms with E-state index in [0.29, 0.717) is 11.4 Å². The first-order chi connectivity index (χ1) is 7.01. The van der Waals surface area contributed by atoms with Gasteiger partial charge in [0.25, 0.3) is 0 Å². The van der Waals surface area contributed by atoms with E-state index >= 15 is 0 Å². The zero-order valence-corrected chi connectivity index (χ0v) is 9.54. The number of hydrogen-bond donors (Lipinski definition) is 1. The summed E-state index contributed by atoms with van der Waals surface area (Å²) in [6.07, 6.45) is 3.03. The Kier molecular flexibility index (Phi) is 3.45. The molecule has 0 aliphatic heterocycles. The Bertz CT molecular complexity index is 522. The van der Waals surface area contributed by atoms with Gasteiger partial charge in [-0.3, -0.25) is 0 Å². The van der Waals surface area contributed by atoms with E-state index < -0.39 is 9.73 Å². The number of aryl methyl sites for hydroxylation is 1. The molecule has 0 radical (unpaired) electrons. The van der Waals surface area contributed by atoms with Crippen LogP contribution in [0.5, 0.6) is 0 Å². The smallest absolute Gasteiger partial charge is 0.214 e. The summed E-state index contributed by atoms with van der Waals surface area (Å²) in [5.74, 6) is 0. The minimum Gasteiger partial charge on any atom is -0.326 e. The topological polar surface area (TPSA) is 79.2 Å². The SMILES string of the molecule is Cc1cc(S(C)(=O)=NC#N)ccc1CN. The number of hydrogen-bond acceptors (Lipinski definition) is 4. The molecule has 1 unspecified atom stereocenters. The number of nitrogens with zero attached hydrogens (tertiary/aromatic N) is 2. The summed E-state index contributed by atoms with van der Waals surface area (Å²) < 4.78 is 15.3. The van der Waals surface area contributed by atoms with Crippen LogP contribution < -0.4 is 5.73 Å². The predicted molar refractivity (Wildman–Crippen MR) is 59.4 cm³/mol. The molecule has 0 saturated heterocycles. The first kappa shape index (κ1) is 11.7. The number of nitrogens with two attached hydrogens (primary N) is 1. The Balaban J connectivity index is 3.33. The van der Waals surface area contributed by atoms with Gasteiger partial charge in [-0.2, -0.15) is 5.26 Å². The van der Waals surface area contributed by atoms with Crippen LogP contribution >= 0.6 is 0 Å². The summed E-state index contributed by atoms with van der Waals surface area (Å²) in [6, 6.07) is 5.30. The Morgan fingerprint density at radius 2 is 2.27 bits per heavy atom. The van der Waals surface area contributed by atoms with E-state index in [4.69, 9.17) is 11.0 Å². The van der Waals surface area contributed by atoms with Crippen LogP contribution in [0, 0.1) is 18.4 Å². The molecule has 0 heterocycles. The van der Waals surface area contributed by atoms with E-state index in [2.05, 4.69) is 4.36 Å². The third kappa shape index (κ3) is 2.55. The molecule has 0 fully saturated rings. The average Bonchev–Trinajstić information content (AvgIpc) is 2.17. The van der Waals surface area contributed by atoms with E-state index in [1.165, 1.54) is 6.26 Å². The lowest BCUT2D eigenvalue weighted by atomic mass is 10.1. The van der Waals surface area contributed by atoms with Gasteiger partial charge in [-0.05, 0) is 30.2 Å². The van der Waals surface area contributed by atoms with Crippen LogP contribution in [0.25, 0.3) is 0 Å². The molecule has 5 heteroatoms. The van der Waals surface area contributed by atoms with Crippen LogP contribution in [0.3, 0.4) is 0 Å². The molecule has 1 aromatic carbocycles. The molecule has 1 aromatic rings. The second kappa shape index (κ2) is 4.43. The molecule has 0 spiro atoms. The maximum Gasteiger partial charge on any atom is 0.214 e. The molecule has 2 N–H and O–H groups in total. The highest BCUT2D eigenvalue weighted by Crippen LogP contribution is 2.16. The molecule has 0 aliphatic rings. The molecular formula is C10H13N3OS. The van der Waals surface area contributed by atoms with E-state index in [1.54, 1.807) is 18.3 Å². The van der Waals surface area contributed by atoms with Crippen molar-refractivity contribution in [3.63, 3.8) is 0 Å². The van der Waals surface area contributed by atoms with E-state index in [-0.39, 0.29) is 0 Å². The van der Waals surface area contributed by atoms with Crippen molar-refractivity contribution in [3.05, 3.63) is 29.3 Å². The number of benzene rings is 1. The van der Waals surface area contributed by atoms with Crippen molar-refractivity contribution in [2.75, 3.05) is 6.26 Å². The van der Waals surface area contributed by atoms with Crippen LogP contribution in [-0.4, -0.2) is 10.5 Å². The standard InChI is InChI=1S/C10H13N3OS/c1-8-5-10(4-3-9(8)6-11)15(2,14)13-7-12/h3-5H,6,11H2,1-2H3. The van der Waals surface area contributed by atoms with Crippen molar-refractivity contribution in [2.24, 2.45) is 10.1 Å². The van der Waals surface area contributed by atoms with Gasteiger partial charge in [0.05, 0.1) is 9.73 Å². The van der Waals surface area contributed by atoms with Crippen LogP contribution in [-0.2, 0) is 16.3 Å². The maximum absolute atomic E-state index is 11.9. The molecule has 0 bridgehead atoms. The fourth-order valence-electron chi connectivity index (χ4n) is 1.26. The zero-order valence-electron chi connectivity index (χ0n) is 8.73. The Morgan fingerprint density at radius 3 is 2.73 bits per heavy atom. The molecule has 0 saturated carbocycles. The van der Waals surface area contributed by atoms with Crippen LogP contribution in [0.15, 0.2) is 27.5 Å².